The lowest BCUT2D eigenvalue weighted by molar-refractivity contribution is -0.150. The number of carbonyl (C=O) groups excluding carboxylic acids is 2. The summed E-state index contributed by atoms with van der Waals surface area (Å²) in [5.74, 6) is -0.456. The Bertz CT molecular complexity index is 389. The summed E-state index contributed by atoms with van der Waals surface area (Å²) >= 11 is 4.98. The summed E-state index contributed by atoms with van der Waals surface area (Å²) in [5, 5.41) is 0. The maximum Gasteiger partial charge on any atom is 0.325 e. The van der Waals surface area contributed by atoms with E-state index in [0.29, 0.717) is 19.4 Å². The number of carbonyl (C=O) groups is 2. The van der Waals surface area contributed by atoms with Crippen LogP contribution in [0.25, 0.3) is 0 Å². The molecule has 5 nitrogen and oxygen atoms in total. The molecule has 2 rings (SSSR count). The second-order valence-electron chi connectivity index (χ2n) is 4.92. The number of rotatable bonds is 6. The summed E-state index contributed by atoms with van der Waals surface area (Å²) in [6.45, 7) is 2.09. The zero-order valence-electron chi connectivity index (χ0n) is 10.5. The van der Waals surface area contributed by atoms with Crippen molar-refractivity contribution < 1.29 is 14.3 Å². The van der Waals surface area contributed by atoms with Gasteiger partial charge in [-0.05, 0) is 32.6 Å². The number of amides is 1. The molecule has 0 aromatic heterocycles. The van der Waals surface area contributed by atoms with Gasteiger partial charge in [0.25, 0.3) is 0 Å². The number of hydrogen-bond donors (Lipinski definition) is 1. The Kier molecular flexibility index (Phi) is 3.56. The van der Waals surface area contributed by atoms with Gasteiger partial charge in [-0.1, -0.05) is 12.2 Å². The third kappa shape index (κ3) is 2.48. The quantitative estimate of drug-likeness (QED) is 0.565. The summed E-state index contributed by atoms with van der Waals surface area (Å²) < 4.78 is 4.90. The van der Waals surface area contributed by atoms with Crippen molar-refractivity contribution in [1.82, 2.24) is 4.90 Å². The van der Waals surface area contributed by atoms with Gasteiger partial charge in [0.05, 0.1) is 17.0 Å². The van der Waals surface area contributed by atoms with E-state index < -0.39 is 5.41 Å². The Labute approximate surface area is 112 Å². The number of nitrogens with zero attached hydrogens (tertiary/aromatic N) is 1. The van der Waals surface area contributed by atoms with Crippen LogP contribution in [0.3, 0.4) is 0 Å². The molecule has 1 amide bonds. The molecule has 2 aliphatic rings. The lowest BCUT2D eigenvalue weighted by Gasteiger charge is -2.26. The second-order valence-corrected chi connectivity index (χ2v) is 5.36. The first-order chi connectivity index (χ1) is 8.51. The fourth-order valence-electron chi connectivity index (χ4n) is 2.06. The smallest absolute Gasteiger partial charge is 0.325 e. The van der Waals surface area contributed by atoms with Crippen LogP contribution in [-0.4, -0.2) is 41.0 Å². The molecule has 2 N–H and O–H groups in total. The van der Waals surface area contributed by atoms with E-state index >= 15 is 0 Å². The van der Waals surface area contributed by atoms with Gasteiger partial charge in [-0.3, -0.25) is 9.59 Å². The van der Waals surface area contributed by atoms with Crippen molar-refractivity contribution in [2.24, 2.45) is 11.1 Å². The molecule has 0 aliphatic heterocycles. The summed E-state index contributed by atoms with van der Waals surface area (Å²) in [5.41, 5.74) is 4.97. The first-order valence-corrected chi connectivity index (χ1v) is 6.68. The summed E-state index contributed by atoms with van der Waals surface area (Å²) in [7, 11) is 0. The lowest BCUT2D eigenvalue weighted by atomic mass is 10.1. The van der Waals surface area contributed by atoms with Gasteiger partial charge in [-0.25, -0.2) is 0 Å². The zero-order valence-corrected chi connectivity index (χ0v) is 11.3. The maximum atomic E-state index is 12.4. The summed E-state index contributed by atoms with van der Waals surface area (Å²) in [4.78, 5) is 25.8. The minimum absolute atomic E-state index is 0.0156. The first kappa shape index (κ1) is 13.3. The van der Waals surface area contributed by atoms with E-state index in [9.17, 15) is 9.59 Å². The minimum atomic E-state index is -0.676. The molecule has 100 valence electrons. The molecule has 0 heterocycles. The van der Waals surface area contributed by atoms with E-state index in [1.54, 1.807) is 11.8 Å². The van der Waals surface area contributed by atoms with Gasteiger partial charge in [-0.2, -0.15) is 0 Å². The SMILES string of the molecule is CCOC(=O)CN(C(=O)C1(C(N)=S)CC1)C1CC1. The predicted octanol–water partition coefficient (Wildman–Crippen LogP) is 0.607. The Hall–Kier alpha value is -1.17. The predicted molar refractivity (Wildman–Crippen MR) is 69.8 cm³/mol. The van der Waals surface area contributed by atoms with Crippen LogP contribution in [0.1, 0.15) is 32.6 Å². The molecule has 0 aromatic carbocycles. The fraction of sp³-hybridized carbons (Fsp3) is 0.750. The van der Waals surface area contributed by atoms with E-state index in [1.807, 2.05) is 0 Å². The second kappa shape index (κ2) is 4.84. The van der Waals surface area contributed by atoms with Crippen LogP contribution in [0.2, 0.25) is 0 Å². The molecule has 0 saturated heterocycles. The molecule has 0 unspecified atom stereocenters. The van der Waals surface area contributed by atoms with Crippen molar-refractivity contribution in [3.8, 4) is 0 Å². The third-order valence-electron chi connectivity index (χ3n) is 3.48. The van der Waals surface area contributed by atoms with Crippen LogP contribution >= 0.6 is 12.2 Å². The van der Waals surface area contributed by atoms with Gasteiger partial charge < -0.3 is 15.4 Å². The highest BCUT2D eigenvalue weighted by atomic mass is 32.1. The van der Waals surface area contributed by atoms with Crippen LogP contribution < -0.4 is 5.73 Å². The molecule has 0 spiro atoms. The Morgan fingerprint density at radius 2 is 2.06 bits per heavy atom. The van der Waals surface area contributed by atoms with Crippen molar-refractivity contribution in [2.45, 2.75) is 38.6 Å². The highest BCUT2D eigenvalue weighted by Crippen LogP contribution is 2.49. The first-order valence-electron chi connectivity index (χ1n) is 6.28. The van der Waals surface area contributed by atoms with Crippen LogP contribution in [-0.2, 0) is 14.3 Å². The molecular weight excluding hydrogens is 252 g/mol. The van der Waals surface area contributed by atoms with E-state index in [2.05, 4.69) is 0 Å². The van der Waals surface area contributed by atoms with E-state index in [1.165, 1.54) is 0 Å². The molecule has 2 saturated carbocycles. The summed E-state index contributed by atoms with van der Waals surface area (Å²) in [6.07, 6.45) is 3.29. The molecule has 0 atom stereocenters. The van der Waals surface area contributed by atoms with Gasteiger partial charge in [0.2, 0.25) is 5.91 Å². The van der Waals surface area contributed by atoms with E-state index in [-0.39, 0.29) is 29.5 Å². The van der Waals surface area contributed by atoms with E-state index in [4.69, 9.17) is 22.7 Å². The Balaban J connectivity index is 2.04. The molecule has 6 heteroatoms. The molecule has 18 heavy (non-hydrogen) atoms. The van der Waals surface area contributed by atoms with Crippen LogP contribution in [0.4, 0.5) is 0 Å². The topological polar surface area (TPSA) is 72.6 Å². The Morgan fingerprint density at radius 3 is 2.44 bits per heavy atom. The van der Waals surface area contributed by atoms with Crippen molar-refractivity contribution in [2.75, 3.05) is 13.2 Å². The van der Waals surface area contributed by atoms with Crippen LogP contribution in [0.5, 0.6) is 0 Å². The Morgan fingerprint density at radius 1 is 1.44 bits per heavy atom. The molecule has 0 aromatic rings. The molecular formula is C12H18N2O3S. The van der Waals surface area contributed by atoms with Gasteiger partial charge in [0.15, 0.2) is 0 Å². The highest BCUT2D eigenvalue weighted by molar-refractivity contribution is 7.80. The zero-order chi connectivity index (χ0) is 13.3. The van der Waals surface area contributed by atoms with E-state index in [0.717, 1.165) is 12.8 Å². The third-order valence-corrected chi connectivity index (χ3v) is 3.88. The summed E-state index contributed by atoms with van der Waals surface area (Å²) in [6, 6.07) is 0.161. The van der Waals surface area contributed by atoms with Gasteiger partial charge in [0.1, 0.15) is 6.54 Å². The molecule has 2 aliphatic carbocycles. The number of nitrogens with two attached hydrogens (primary N) is 1. The fourth-order valence-corrected chi connectivity index (χ4v) is 2.36. The normalized spacial score (nSPS) is 20.1. The van der Waals surface area contributed by atoms with Crippen molar-refractivity contribution >= 4 is 29.1 Å². The van der Waals surface area contributed by atoms with Crippen molar-refractivity contribution in [3.63, 3.8) is 0 Å². The average Bonchev–Trinajstić information content (AvgIpc) is 3.17. The van der Waals surface area contributed by atoms with Crippen molar-refractivity contribution in [3.05, 3.63) is 0 Å². The van der Waals surface area contributed by atoms with Crippen molar-refractivity contribution in [1.29, 1.82) is 0 Å². The van der Waals surface area contributed by atoms with Gasteiger partial charge >= 0.3 is 5.97 Å². The van der Waals surface area contributed by atoms with Crippen LogP contribution in [0.15, 0.2) is 0 Å². The number of ether oxygens (including phenoxy) is 1. The molecule has 2 fully saturated rings. The standard InChI is InChI=1S/C12H18N2O3S/c1-2-17-9(15)7-14(8-3-4-8)11(16)12(5-6-12)10(13)18/h8H,2-7H2,1H3,(H2,13,18). The molecule has 0 bridgehead atoms. The monoisotopic (exact) mass is 270 g/mol. The van der Waals surface area contributed by atoms with Gasteiger partial charge in [0, 0.05) is 6.04 Å². The highest BCUT2D eigenvalue weighted by Gasteiger charge is 2.56. The molecule has 0 radical (unpaired) electrons. The number of esters is 1. The average molecular weight is 270 g/mol. The minimum Gasteiger partial charge on any atom is -0.465 e. The largest absolute Gasteiger partial charge is 0.465 e. The maximum absolute atomic E-state index is 12.4. The van der Waals surface area contributed by atoms with Gasteiger partial charge in [-0.15, -0.1) is 0 Å². The lowest BCUT2D eigenvalue weighted by Crippen LogP contribution is -2.46. The number of hydrogen-bond acceptors (Lipinski definition) is 4. The van der Waals surface area contributed by atoms with Crippen LogP contribution in [0, 0.1) is 5.41 Å². The number of thiocarbonyl (C=S) groups is 1.